The number of aldehydes is 1. The van der Waals surface area contributed by atoms with Gasteiger partial charge < -0.3 is 14.3 Å². The molecule has 0 aliphatic carbocycles. The molecule has 3 nitrogen and oxygen atoms in total. The first-order chi connectivity index (χ1) is 5.55. The molecule has 0 aromatic heterocycles. The molecule has 12 heavy (non-hydrogen) atoms. The Bertz CT molecular complexity index is 165. The molecular formula is C9H16O3. The summed E-state index contributed by atoms with van der Waals surface area (Å²) in [7, 11) is 0. The van der Waals surface area contributed by atoms with E-state index in [1.54, 1.807) is 0 Å². The summed E-state index contributed by atoms with van der Waals surface area (Å²) in [4.78, 5) is 10.3. The molecular weight excluding hydrogens is 156 g/mol. The van der Waals surface area contributed by atoms with Gasteiger partial charge in [-0.05, 0) is 13.8 Å². The molecule has 1 saturated heterocycles. The zero-order valence-electron chi connectivity index (χ0n) is 7.87. The molecule has 0 bridgehead atoms. The fourth-order valence-electron chi connectivity index (χ4n) is 1.33. The molecule has 0 saturated carbocycles. The summed E-state index contributed by atoms with van der Waals surface area (Å²) < 4.78 is 11.0. The van der Waals surface area contributed by atoms with Crippen LogP contribution in [0.1, 0.15) is 27.2 Å². The molecule has 0 unspecified atom stereocenters. The van der Waals surface area contributed by atoms with Crippen LogP contribution < -0.4 is 0 Å². The minimum absolute atomic E-state index is 0.0197. The Morgan fingerprint density at radius 3 is 2.83 bits per heavy atom. The number of carbonyl (C=O) groups excluding carboxylic acids is 1. The Balaban J connectivity index is 2.53. The SMILES string of the molecule is C[C@@H]1COC(C)(C)O[C@H]1CC=O. The Morgan fingerprint density at radius 1 is 1.58 bits per heavy atom. The highest BCUT2D eigenvalue weighted by Gasteiger charge is 2.33. The second-order valence-electron chi connectivity index (χ2n) is 3.75. The Labute approximate surface area is 73.0 Å². The molecule has 0 spiro atoms. The van der Waals surface area contributed by atoms with Crippen molar-refractivity contribution in [2.24, 2.45) is 5.92 Å². The highest BCUT2D eigenvalue weighted by atomic mass is 16.7. The monoisotopic (exact) mass is 172 g/mol. The van der Waals surface area contributed by atoms with Gasteiger partial charge in [0.15, 0.2) is 5.79 Å². The lowest BCUT2D eigenvalue weighted by Crippen LogP contribution is -2.44. The molecule has 70 valence electrons. The number of carbonyl (C=O) groups is 1. The van der Waals surface area contributed by atoms with Gasteiger partial charge in [0.1, 0.15) is 6.29 Å². The zero-order valence-corrected chi connectivity index (χ0v) is 7.87. The minimum Gasteiger partial charge on any atom is -0.350 e. The van der Waals surface area contributed by atoms with Crippen LogP contribution in [0, 0.1) is 5.92 Å². The van der Waals surface area contributed by atoms with E-state index in [-0.39, 0.29) is 6.10 Å². The second-order valence-corrected chi connectivity index (χ2v) is 3.75. The van der Waals surface area contributed by atoms with Crippen molar-refractivity contribution < 1.29 is 14.3 Å². The van der Waals surface area contributed by atoms with E-state index in [0.717, 1.165) is 6.29 Å². The van der Waals surface area contributed by atoms with Crippen LogP contribution in [0.25, 0.3) is 0 Å². The maximum atomic E-state index is 10.3. The van der Waals surface area contributed by atoms with Gasteiger partial charge in [0.05, 0.1) is 12.7 Å². The van der Waals surface area contributed by atoms with Crippen LogP contribution in [0.3, 0.4) is 0 Å². The highest BCUT2D eigenvalue weighted by Crippen LogP contribution is 2.26. The van der Waals surface area contributed by atoms with E-state index in [4.69, 9.17) is 9.47 Å². The predicted molar refractivity (Wildman–Crippen MR) is 44.7 cm³/mol. The molecule has 0 N–H and O–H groups in total. The number of hydrogen-bond donors (Lipinski definition) is 0. The summed E-state index contributed by atoms with van der Waals surface area (Å²) in [5.41, 5.74) is 0. The Hall–Kier alpha value is -0.410. The van der Waals surface area contributed by atoms with Crippen LogP contribution in [0.15, 0.2) is 0 Å². The van der Waals surface area contributed by atoms with Gasteiger partial charge in [-0.15, -0.1) is 0 Å². The third kappa shape index (κ3) is 2.29. The Morgan fingerprint density at radius 2 is 2.25 bits per heavy atom. The summed E-state index contributed by atoms with van der Waals surface area (Å²) in [5.74, 6) is -0.219. The summed E-state index contributed by atoms with van der Waals surface area (Å²) in [6.45, 7) is 6.45. The van der Waals surface area contributed by atoms with Crippen LogP contribution in [-0.2, 0) is 14.3 Å². The van der Waals surface area contributed by atoms with Crippen molar-refractivity contribution in [2.75, 3.05) is 6.61 Å². The van der Waals surface area contributed by atoms with Crippen molar-refractivity contribution >= 4 is 6.29 Å². The van der Waals surface area contributed by atoms with Crippen molar-refractivity contribution in [1.29, 1.82) is 0 Å². The van der Waals surface area contributed by atoms with Crippen molar-refractivity contribution in [3.8, 4) is 0 Å². The van der Waals surface area contributed by atoms with Crippen molar-refractivity contribution in [1.82, 2.24) is 0 Å². The van der Waals surface area contributed by atoms with E-state index in [1.165, 1.54) is 0 Å². The van der Waals surface area contributed by atoms with Crippen LogP contribution in [0.4, 0.5) is 0 Å². The number of hydrogen-bond acceptors (Lipinski definition) is 3. The fraction of sp³-hybridized carbons (Fsp3) is 0.889. The molecule has 1 aliphatic heterocycles. The van der Waals surface area contributed by atoms with Crippen LogP contribution in [0.5, 0.6) is 0 Å². The maximum absolute atomic E-state index is 10.3. The lowest BCUT2D eigenvalue weighted by molar-refractivity contribution is -0.289. The van der Waals surface area contributed by atoms with Gasteiger partial charge in [0.2, 0.25) is 0 Å². The summed E-state index contributed by atoms with van der Waals surface area (Å²) in [6, 6.07) is 0. The summed E-state index contributed by atoms with van der Waals surface area (Å²) in [5, 5.41) is 0. The molecule has 1 rings (SSSR count). The van der Waals surface area contributed by atoms with E-state index in [1.807, 2.05) is 20.8 Å². The average molecular weight is 172 g/mol. The van der Waals surface area contributed by atoms with Gasteiger partial charge in [-0.3, -0.25) is 0 Å². The molecule has 1 fully saturated rings. The summed E-state index contributed by atoms with van der Waals surface area (Å²) in [6.07, 6.45) is 1.39. The zero-order chi connectivity index (χ0) is 9.19. The van der Waals surface area contributed by atoms with E-state index in [9.17, 15) is 4.79 Å². The van der Waals surface area contributed by atoms with Gasteiger partial charge in [-0.2, -0.15) is 0 Å². The molecule has 2 atom stereocenters. The van der Waals surface area contributed by atoms with Gasteiger partial charge >= 0.3 is 0 Å². The largest absolute Gasteiger partial charge is 0.350 e. The summed E-state index contributed by atoms with van der Waals surface area (Å²) >= 11 is 0. The standard InChI is InChI=1S/C9H16O3/c1-7-6-11-9(2,3)12-8(7)4-5-10/h5,7-8H,4,6H2,1-3H3/t7-,8+/m1/s1. The van der Waals surface area contributed by atoms with Crippen LogP contribution in [0.2, 0.25) is 0 Å². The molecule has 1 aliphatic rings. The first-order valence-electron chi connectivity index (χ1n) is 4.30. The van der Waals surface area contributed by atoms with E-state index >= 15 is 0 Å². The van der Waals surface area contributed by atoms with E-state index < -0.39 is 5.79 Å². The molecule has 0 amide bonds. The predicted octanol–water partition coefficient (Wildman–Crippen LogP) is 1.36. The van der Waals surface area contributed by atoms with E-state index in [0.29, 0.717) is 18.9 Å². The lowest BCUT2D eigenvalue weighted by atomic mass is 10.0. The lowest BCUT2D eigenvalue weighted by Gasteiger charge is -2.39. The van der Waals surface area contributed by atoms with Crippen molar-refractivity contribution in [3.05, 3.63) is 0 Å². The van der Waals surface area contributed by atoms with E-state index in [2.05, 4.69) is 0 Å². The van der Waals surface area contributed by atoms with Crippen molar-refractivity contribution in [3.63, 3.8) is 0 Å². The van der Waals surface area contributed by atoms with Gasteiger partial charge in [-0.1, -0.05) is 6.92 Å². The first-order valence-corrected chi connectivity index (χ1v) is 4.30. The quantitative estimate of drug-likeness (QED) is 0.590. The van der Waals surface area contributed by atoms with Gasteiger partial charge in [0, 0.05) is 12.3 Å². The van der Waals surface area contributed by atoms with Crippen LogP contribution in [-0.4, -0.2) is 24.8 Å². The van der Waals surface area contributed by atoms with Gasteiger partial charge in [-0.25, -0.2) is 0 Å². The second kappa shape index (κ2) is 3.54. The molecule has 0 radical (unpaired) electrons. The number of ether oxygens (including phenoxy) is 2. The number of rotatable bonds is 2. The molecule has 0 aromatic rings. The fourth-order valence-corrected chi connectivity index (χ4v) is 1.33. The Kier molecular flexibility index (Phi) is 2.85. The highest BCUT2D eigenvalue weighted by molar-refractivity contribution is 5.50. The smallest absolute Gasteiger partial charge is 0.163 e. The van der Waals surface area contributed by atoms with Crippen molar-refractivity contribution in [2.45, 2.75) is 39.1 Å². The maximum Gasteiger partial charge on any atom is 0.163 e. The third-order valence-electron chi connectivity index (χ3n) is 2.09. The topological polar surface area (TPSA) is 35.5 Å². The molecule has 0 aromatic carbocycles. The average Bonchev–Trinajstić information content (AvgIpc) is 1.97. The minimum atomic E-state index is -0.528. The van der Waals surface area contributed by atoms with Crippen LogP contribution >= 0.6 is 0 Å². The first kappa shape index (κ1) is 9.68. The normalized spacial score (nSPS) is 34.6. The van der Waals surface area contributed by atoms with Gasteiger partial charge in [0.25, 0.3) is 0 Å². The third-order valence-corrected chi connectivity index (χ3v) is 2.09. The molecule has 3 heteroatoms. The molecule has 1 heterocycles.